The van der Waals surface area contributed by atoms with E-state index < -0.39 is 48.1 Å². The maximum atomic E-state index is 14.9. The molecule has 4 N–H and O–H groups in total. The number of allylic oxidation sites excluding steroid dienone is 2. The maximum Gasteiger partial charge on any atom is 0.329 e. The number of nitrogens with one attached hydrogen (secondary N) is 3. The van der Waals surface area contributed by atoms with Gasteiger partial charge in [0.05, 0.1) is 37.0 Å². The molecule has 0 radical (unpaired) electrons. The Morgan fingerprint density at radius 2 is 2.02 bits per heavy atom. The molecule has 2 aliphatic rings. The number of nitrogens with zero attached hydrogens (tertiary/aromatic N) is 6. The number of oxazole rings is 1. The van der Waals surface area contributed by atoms with Gasteiger partial charge in [-0.1, -0.05) is 61.1 Å². The molecule has 5 atom stereocenters. The van der Waals surface area contributed by atoms with Crippen LogP contribution < -0.4 is 10.6 Å². The highest BCUT2D eigenvalue weighted by Gasteiger charge is 2.39. The molecule has 5 unspecified atom stereocenters. The molecule has 57 heavy (non-hydrogen) atoms. The fraction of sp³-hybridized carbons (Fsp3) is 0.450. The third-order valence-electron chi connectivity index (χ3n) is 9.87. The monoisotopic (exact) mass is 785 g/mol. The molecule has 17 heteroatoms. The maximum absolute atomic E-state index is 14.9. The lowest BCUT2D eigenvalue weighted by Crippen LogP contribution is -2.44. The van der Waals surface area contributed by atoms with Gasteiger partial charge in [0, 0.05) is 49.3 Å². The zero-order valence-corrected chi connectivity index (χ0v) is 32.1. The predicted octanol–water partition coefficient (Wildman–Crippen LogP) is 3.62. The van der Waals surface area contributed by atoms with Crippen LogP contribution in [0.4, 0.5) is 4.39 Å². The average Bonchev–Trinajstić information content (AvgIpc) is 4.01. The van der Waals surface area contributed by atoms with Crippen molar-refractivity contribution in [1.29, 1.82) is 0 Å². The van der Waals surface area contributed by atoms with E-state index in [9.17, 15) is 28.7 Å². The largest absolute Gasteiger partial charge is 0.460 e. The highest BCUT2D eigenvalue weighted by molar-refractivity contribution is 5.95. The number of carbonyl (C=O) groups excluding carboxylic acids is 4. The Morgan fingerprint density at radius 3 is 2.84 bits per heavy atom. The smallest absolute Gasteiger partial charge is 0.329 e. The number of alkyl halides is 1. The van der Waals surface area contributed by atoms with Crippen LogP contribution in [0, 0.1) is 11.8 Å². The molecule has 2 bridgehead atoms. The molecule has 3 aromatic heterocycles. The van der Waals surface area contributed by atoms with Crippen LogP contribution in [0.15, 0.2) is 77.2 Å². The number of aromatic nitrogens is 6. The number of fused-ring (bicyclic) bond motifs is 4. The number of carbonyl (C=O) groups is 4. The van der Waals surface area contributed by atoms with Crippen LogP contribution >= 0.6 is 0 Å². The molecule has 1 fully saturated rings. The molecule has 1 saturated heterocycles. The lowest BCUT2D eigenvalue weighted by Gasteiger charge is -2.30. The number of aromatic amines is 1. The normalized spacial score (nSPS) is 25.0. The molecule has 0 spiro atoms. The first kappa shape index (κ1) is 40.7. The summed E-state index contributed by atoms with van der Waals surface area (Å²) in [5, 5.41) is 32.5. The fourth-order valence-corrected chi connectivity index (χ4v) is 7.00. The van der Waals surface area contributed by atoms with Gasteiger partial charge in [0.25, 0.3) is 5.91 Å². The number of amides is 3. The fourth-order valence-electron chi connectivity index (χ4n) is 7.00. The minimum Gasteiger partial charge on any atom is -0.460 e. The molecule has 2 aliphatic heterocycles. The first-order valence-electron chi connectivity index (χ1n) is 19.1. The summed E-state index contributed by atoms with van der Waals surface area (Å²) in [4.78, 5) is 59.2. The van der Waals surface area contributed by atoms with Crippen LogP contribution in [0.2, 0.25) is 0 Å². The quantitative estimate of drug-likeness (QED) is 0.199. The Bertz CT molecular complexity index is 2140. The van der Waals surface area contributed by atoms with Crippen LogP contribution in [-0.4, -0.2) is 108 Å². The summed E-state index contributed by atoms with van der Waals surface area (Å²) in [6, 6.07) is 4.88. The molecule has 16 nitrogen and oxygen atoms in total. The van der Waals surface area contributed by atoms with E-state index in [-0.39, 0.29) is 62.3 Å². The number of aliphatic hydroxyl groups is 1. The Kier molecular flexibility index (Phi) is 13.4. The van der Waals surface area contributed by atoms with Crippen LogP contribution in [0.25, 0.3) is 22.2 Å². The van der Waals surface area contributed by atoms with Crippen LogP contribution in [-0.2, 0) is 32.1 Å². The molecule has 4 aromatic rings. The second-order valence-electron chi connectivity index (χ2n) is 14.7. The minimum absolute atomic E-state index is 0.00611. The van der Waals surface area contributed by atoms with Gasteiger partial charge in [0.2, 0.25) is 11.8 Å². The van der Waals surface area contributed by atoms with Gasteiger partial charge in [-0.15, -0.1) is 5.10 Å². The molecular weight excluding hydrogens is 737 g/mol. The third-order valence-corrected chi connectivity index (χ3v) is 9.87. The highest BCUT2D eigenvalue weighted by atomic mass is 19.1. The molecule has 302 valence electrons. The number of hydrogen-bond acceptors (Lipinski definition) is 11. The van der Waals surface area contributed by atoms with E-state index >= 15 is 0 Å². The Balaban J connectivity index is 1.16. The topological polar surface area (TPSA) is 210 Å². The molecule has 0 saturated carbocycles. The summed E-state index contributed by atoms with van der Waals surface area (Å²) in [7, 11) is 0. The van der Waals surface area contributed by atoms with Gasteiger partial charge >= 0.3 is 5.97 Å². The van der Waals surface area contributed by atoms with Gasteiger partial charge in [0.1, 0.15) is 30.3 Å². The van der Waals surface area contributed by atoms with Crippen molar-refractivity contribution in [2.45, 2.75) is 83.8 Å². The molecule has 1 aromatic carbocycles. The second-order valence-corrected chi connectivity index (χ2v) is 14.7. The first-order chi connectivity index (χ1) is 27.4. The predicted molar refractivity (Wildman–Crippen MR) is 206 cm³/mol. The number of esters is 1. The van der Waals surface area contributed by atoms with Crippen molar-refractivity contribution < 1.29 is 37.8 Å². The van der Waals surface area contributed by atoms with E-state index in [1.165, 1.54) is 17.1 Å². The number of benzene rings is 1. The molecular formula is C40H48FN9O7. The minimum atomic E-state index is -1.50. The third kappa shape index (κ3) is 10.9. The molecule has 6 rings (SSSR count). The Hall–Kier alpha value is -5.97. The standard InChI is InChI=1S/C40H48FN9O7/c1-24(2)38-27(18-36(53)43-13-15-49-22-32(47-48-49)26-8-9-28-21-44-46-31(28)17-26)10-11-35(52)42-12-4-6-25(3)16-30(51)19-29(41)20-37-45-33(23-56-37)39(54)50-14-5-7-34(50)40(55)57-38/h4,6,8-11,16-17,21-24,27,29-30,34,38,51H,5,7,12-15,18-20H2,1-3H3,(H,42,52)(H,43,53)(H,44,46)/b6-4+,11-10+,25-16+. The Morgan fingerprint density at radius 1 is 1.18 bits per heavy atom. The van der Waals surface area contributed by atoms with Gasteiger partial charge in [-0.25, -0.2) is 14.2 Å². The number of rotatable bonds is 7. The number of H-pyrrole nitrogens is 1. The van der Waals surface area contributed by atoms with E-state index in [4.69, 9.17) is 9.15 Å². The van der Waals surface area contributed by atoms with Gasteiger partial charge in [-0.05, 0) is 37.8 Å². The van der Waals surface area contributed by atoms with Crippen LogP contribution in [0.1, 0.15) is 62.8 Å². The van der Waals surface area contributed by atoms with E-state index in [0.29, 0.717) is 30.7 Å². The van der Waals surface area contributed by atoms with E-state index in [1.54, 1.807) is 42.2 Å². The molecule has 5 heterocycles. The molecule has 3 amide bonds. The average molecular weight is 786 g/mol. The SMILES string of the molecule is CC1=C\C(O)CC(F)Cc2nc(co2)C(=O)N2CCCC2C(=O)OC(C(C)C)C(CC(=O)NCCn2cc(-c3ccc4cn[nH]c4c3)nn2)/C=C/C(=O)NC\C=C\1. The number of halogens is 1. The van der Waals surface area contributed by atoms with Crippen molar-refractivity contribution in [3.63, 3.8) is 0 Å². The van der Waals surface area contributed by atoms with Crippen molar-refractivity contribution in [3.8, 4) is 11.3 Å². The van der Waals surface area contributed by atoms with Crippen LogP contribution in [0.5, 0.6) is 0 Å². The summed E-state index contributed by atoms with van der Waals surface area (Å²) < 4.78 is 28.0. The first-order valence-corrected chi connectivity index (χ1v) is 19.1. The summed E-state index contributed by atoms with van der Waals surface area (Å²) >= 11 is 0. The number of aliphatic hydroxyl groups excluding tert-OH is 1. The van der Waals surface area contributed by atoms with Crippen molar-refractivity contribution in [2.75, 3.05) is 19.6 Å². The summed E-state index contributed by atoms with van der Waals surface area (Å²) in [5.41, 5.74) is 2.99. The van der Waals surface area contributed by atoms with E-state index in [0.717, 1.165) is 22.7 Å². The van der Waals surface area contributed by atoms with Gasteiger partial charge in [-0.2, -0.15) is 5.10 Å². The van der Waals surface area contributed by atoms with E-state index in [2.05, 4.69) is 36.1 Å². The zero-order valence-electron chi connectivity index (χ0n) is 32.1. The van der Waals surface area contributed by atoms with Crippen molar-refractivity contribution in [1.82, 2.24) is 45.7 Å². The summed E-state index contributed by atoms with van der Waals surface area (Å²) in [5.74, 6) is -2.98. The number of cyclic esters (lactones) is 1. The highest BCUT2D eigenvalue weighted by Crippen LogP contribution is 2.27. The Labute approximate surface area is 328 Å². The van der Waals surface area contributed by atoms with Crippen molar-refractivity contribution in [2.24, 2.45) is 11.8 Å². The van der Waals surface area contributed by atoms with Crippen molar-refractivity contribution >= 4 is 34.6 Å². The summed E-state index contributed by atoms with van der Waals surface area (Å²) in [6.45, 7) is 6.43. The lowest BCUT2D eigenvalue weighted by atomic mass is 9.89. The van der Waals surface area contributed by atoms with Gasteiger partial charge < -0.3 is 29.8 Å². The van der Waals surface area contributed by atoms with E-state index in [1.807, 2.05) is 32.0 Å². The number of ether oxygens (including phenoxy) is 1. The van der Waals surface area contributed by atoms with Crippen LogP contribution in [0.3, 0.4) is 0 Å². The van der Waals surface area contributed by atoms with Gasteiger partial charge in [-0.3, -0.25) is 24.2 Å². The van der Waals surface area contributed by atoms with Gasteiger partial charge in [0.15, 0.2) is 11.6 Å². The zero-order chi connectivity index (χ0) is 40.5. The summed E-state index contributed by atoms with van der Waals surface area (Å²) in [6.07, 6.45) is 9.28. The van der Waals surface area contributed by atoms with Crippen molar-refractivity contribution in [3.05, 3.63) is 84.4 Å². The lowest BCUT2D eigenvalue weighted by molar-refractivity contribution is -0.159. The molecule has 0 aliphatic carbocycles. The number of hydrogen-bond donors (Lipinski definition) is 4. The second kappa shape index (κ2) is 18.8.